The van der Waals surface area contributed by atoms with Crippen LogP contribution < -0.4 is 10.2 Å². The Morgan fingerprint density at radius 1 is 1.03 bits per heavy atom. The molecular weight excluding hydrogens is 419 g/mol. The zero-order chi connectivity index (χ0) is 22.8. The van der Waals surface area contributed by atoms with Crippen molar-refractivity contribution < 1.29 is 22.7 Å². The van der Waals surface area contributed by atoms with E-state index in [1.54, 1.807) is 10.6 Å². The lowest BCUT2D eigenvalue weighted by atomic mass is 10.1. The molecule has 0 saturated carbocycles. The van der Waals surface area contributed by atoms with E-state index in [2.05, 4.69) is 10.2 Å². The Labute approximate surface area is 184 Å². The number of carbonyl (C=O) groups is 1. The lowest BCUT2D eigenvalue weighted by Gasteiger charge is -2.29. The fraction of sp³-hybridized carbons (Fsp3) is 0.292. The number of halogens is 3. The van der Waals surface area contributed by atoms with Gasteiger partial charge in [0, 0.05) is 35.6 Å². The molecule has 4 rings (SSSR count). The third-order valence-electron chi connectivity index (χ3n) is 5.73. The monoisotopic (exact) mass is 443 g/mol. The molecule has 3 aromatic rings. The summed E-state index contributed by atoms with van der Waals surface area (Å²) >= 11 is 0. The largest absolute Gasteiger partial charge is 0.378 e. The van der Waals surface area contributed by atoms with Gasteiger partial charge in [0.15, 0.2) is 0 Å². The number of ether oxygens (including phenoxy) is 1. The molecule has 8 heteroatoms. The second kappa shape index (κ2) is 9.08. The number of anilines is 2. The summed E-state index contributed by atoms with van der Waals surface area (Å²) in [6.45, 7) is 5.88. The van der Waals surface area contributed by atoms with E-state index in [0.29, 0.717) is 37.6 Å². The van der Waals surface area contributed by atoms with E-state index in [4.69, 9.17) is 4.74 Å². The minimum Gasteiger partial charge on any atom is -0.378 e. The molecule has 1 N–H and O–H groups in total. The summed E-state index contributed by atoms with van der Waals surface area (Å²) in [4.78, 5) is 15.4. The normalized spacial score (nSPS) is 14.0. The fourth-order valence-electron chi connectivity index (χ4n) is 4.22. The molecule has 2 aromatic carbocycles. The van der Waals surface area contributed by atoms with Crippen molar-refractivity contribution in [2.75, 3.05) is 36.5 Å². The van der Waals surface area contributed by atoms with Gasteiger partial charge >= 0.3 is 0 Å². The van der Waals surface area contributed by atoms with Crippen LogP contribution in [-0.4, -0.2) is 36.8 Å². The molecule has 1 aromatic heterocycles. The lowest BCUT2D eigenvalue weighted by Crippen LogP contribution is -2.36. The van der Waals surface area contributed by atoms with Crippen LogP contribution in [0.2, 0.25) is 0 Å². The summed E-state index contributed by atoms with van der Waals surface area (Å²) in [6, 6.07) is 9.27. The average Bonchev–Trinajstić information content (AvgIpc) is 3.01. The van der Waals surface area contributed by atoms with Crippen molar-refractivity contribution in [3.63, 3.8) is 0 Å². The first-order valence-corrected chi connectivity index (χ1v) is 10.4. The SMILES string of the molecule is Cc1c(N2CCOCC2)c(C)n(Cc2c(F)cccc2F)c1C(=O)Nc1cccc(F)c1. The van der Waals surface area contributed by atoms with Gasteiger partial charge in [0.05, 0.1) is 25.4 Å². The zero-order valence-electron chi connectivity index (χ0n) is 17.9. The first-order chi connectivity index (χ1) is 15.4. The number of carbonyl (C=O) groups excluding carboxylic acids is 1. The molecule has 5 nitrogen and oxygen atoms in total. The van der Waals surface area contributed by atoms with Crippen LogP contribution in [0.15, 0.2) is 42.5 Å². The van der Waals surface area contributed by atoms with E-state index in [1.165, 1.54) is 36.4 Å². The maximum Gasteiger partial charge on any atom is 0.272 e. The van der Waals surface area contributed by atoms with Crippen molar-refractivity contribution in [3.05, 3.63) is 82.4 Å². The Kier molecular flexibility index (Phi) is 6.23. The number of nitrogens with zero attached hydrogens (tertiary/aromatic N) is 2. The molecule has 0 bridgehead atoms. The van der Waals surface area contributed by atoms with Gasteiger partial charge in [-0.1, -0.05) is 12.1 Å². The second-order valence-electron chi connectivity index (χ2n) is 7.76. The number of amides is 1. The highest BCUT2D eigenvalue weighted by Gasteiger charge is 2.28. The van der Waals surface area contributed by atoms with Gasteiger partial charge in [-0.2, -0.15) is 0 Å². The molecule has 0 spiro atoms. The van der Waals surface area contributed by atoms with Gasteiger partial charge in [-0.25, -0.2) is 13.2 Å². The molecule has 1 fully saturated rings. The second-order valence-corrected chi connectivity index (χ2v) is 7.76. The van der Waals surface area contributed by atoms with Crippen molar-refractivity contribution in [2.45, 2.75) is 20.4 Å². The molecule has 0 atom stereocenters. The summed E-state index contributed by atoms with van der Waals surface area (Å²) in [6.07, 6.45) is 0. The maximum atomic E-state index is 14.4. The van der Waals surface area contributed by atoms with Gasteiger partial charge in [0.1, 0.15) is 23.1 Å². The molecule has 1 aliphatic rings. The first-order valence-electron chi connectivity index (χ1n) is 10.4. The van der Waals surface area contributed by atoms with Crippen molar-refractivity contribution >= 4 is 17.3 Å². The topological polar surface area (TPSA) is 46.5 Å². The van der Waals surface area contributed by atoms with Crippen LogP contribution in [0.25, 0.3) is 0 Å². The maximum absolute atomic E-state index is 14.4. The van der Waals surface area contributed by atoms with Gasteiger partial charge in [-0.05, 0) is 44.2 Å². The van der Waals surface area contributed by atoms with Gasteiger partial charge in [0.2, 0.25) is 0 Å². The predicted molar refractivity (Wildman–Crippen MR) is 117 cm³/mol. The van der Waals surface area contributed by atoms with Crippen LogP contribution in [0.3, 0.4) is 0 Å². The first kappa shape index (κ1) is 22.0. The summed E-state index contributed by atoms with van der Waals surface area (Å²) < 4.78 is 49.5. The van der Waals surface area contributed by atoms with E-state index in [9.17, 15) is 18.0 Å². The van der Waals surface area contributed by atoms with Crippen LogP contribution in [0.1, 0.15) is 27.3 Å². The summed E-state index contributed by atoms with van der Waals surface area (Å²) in [5.74, 6) is -2.32. The minimum absolute atomic E-state index is 0.126. The van der Waals surface area contributed by atoms with Crippen molar-refractivity contribution in [2.24, 2.45) is 0 Å². The van der Waals surface area contributed by atoms with Gasteiger partial charge in [0.25, 0.3) is 5.91 Å². The van der Waals surface area contributed by atoms with Crippen LogP contribution in [0.4, 0.5) is 24.5 Å². The van der Waals surface area contributed by atoms with Crippen LogP contribution in [0, 0.1) is 31.3 Å². The van der Waals surface area contributed by atoms with E-state index in [1.807, 2.05) is 13.8 Å². The quantitative estimate of drug-likeness (QED) is 0.624. The Bertz CT molecular complexity index is 1130. The minimum atomic E-state index is -0.680. The van der Waals surface area contributed by atoms with Gasteiger partial charge in [-0.15, -0.1) is 0 Å². The highest BCUT2D eigenvalue weighted by molar-refractivity contribution is 6.05. The smallest absolute Gasteiger partial charge is 0.272 e. The Morgan fingerprint density at radius 2 is 1.69 bits per heavy atom. The van der Waals surface area contributed by atoms with Crippen LogP contribution in [-0.2, 0) is 11.3 Å². The molecule has 1 amide bonds. The number of morpholine rings is 1. The zero-order valence-corrected chi connectivity index (χ0v) is 17.9. The highest BCUT2D eigenvalue weighted by atomic mass is 19.1. The number of benzene rings is 2. The number of aromatic nitrogens is 1. The van der Waals surface area contributed by atoms with Crippen molar-refractivity contribution in [1.82, 2.24) is 4.57 Å². The molecule has 168 valence electrons. The van der Waals surface area contributed by atoms with Gasteiger partial charge < -0.3 is 19.5 Å². The molecule has 1 aliphatic heterocycles. The molecule has 0 radical (unpaired) electrons. The number of hydrogen-bond acceptors (Lipinski definition) is 3. The average molecular weight is 443 g/mol. The van der Waals surface area contributed by atoms with E-state index in [-0.39, 0.29) is 17.8 Å². The third-order valence-corrected chi connectivity index (χ3v) is 5.73. The summed E-state index contributed by atoms with van der Waals surface area (Å²) in [5.41, 5.74) is 2.69. The van der Waals surface area contributed by atoms with E-state index >= 15 is 0 Å². The molecular formula is C24H24F3N3O2. The Balaban J connectivity index is 1.80. The standard InChI is InChI=1S/C24H24F3N3O2/c1-15-22(29-9-11-32-12-10-29)16(2)30(14-19-20(26)7-4-8-21(19)27)23(15)24(31)28-18-6-3-5-17(25)13-18/h3-8,13H,9-12,14H2,1-2H3,(H,28,31). The van der Waals surface area contributed by atoms with E-state index in [0.717, 1.165) is 11.4 Å². The molecule has 1 saturated heterocycles. The van der Waals surface area contributed by atoms with Crippen LogP contribution in [0.5, 0.6) is 0 Å². The fourth-order valence-corrected chi connectivity index (χ4v) is 4.22. The molecule has 0 unspecified atom stereocenters. The predicted octanol–water partition coefficient (Wildman–Crippen LogP) is 4.66. The molecule has 2 heterocycles. The number of rotatable bonds is 5. The highest BCUT2D eigenvalue weighted by Crippen LogP contribution is 2.33. The Hall–Kier alpha value is -3.26. The van der Waals surface area contributed by atoms with Crippen molar-refractivity contribution in [1.29, 1.82) is 0 Å². The number of hydrogen-bond donors (Lipinski definition) is 1. The van der Waals surface area contributed by atoms with E-state index < -0.39 is 23.4 Å². The summed E-state index contributed by atoms with van der Waals surface area (Å²) in [5, 5.41) is 2.71. The van der Waals surface area contributed by atoms with Crippen molar-refractivity contribution in [3.8, 4) is 0 Å². The third kappa shape index (κ3) is 4.23. The lowest BCUT2D eigenvalue weighted by molar-refractivity contribution is 0.101. The number of nitrogens with one attached hydrogen (secondary N) is 1. The molecule has 32 heavy (non-hydrogen) atoms. The van der Waals surface area contributed by atoms with Gasteiger partial charge in [-0.3, -0.25) is 4.79 Å². The Morgan fingerprint density at radius 3 is 2.34 bits per heavy atom. The molecule has 0 aliphatic carbocycles. The summed E-state index contributed by atoms with van der Waals surface area (Å²) in [7, 11) is 0. The van der Waals surface area contributed by atoms with Crippen LogP contribution >= 0.6 is 0 Å².